The van der Waals surface area contributed by atoms with Gasteiger partial charge in [-0.2, -0.15) is 13.9 Å². The molecule has 0 aromatic carbocycles. The molecule has 0 radical (unpaired) electrons. The van der Waals surface area contributed by atoms with Crippen LogP contribution in [0.5, 0.6) is 0 Å². The second-order valence-corrected chi connectivity index (χ2v) is 7.58. The minimum absolute atomic E-state index is 0.248. The molecule has 21 heavy (non-hydrogen) atoms. The van der Waals surface area contributed by atoms with Crippen LogP contribution in [-0.4, -0.2) is 24.0 Å². The van der Waals surface area contributed by atoms with Crippen molar-refractivity contribution in [2.45, 2.75) is 69.1 Å². The van der Waals surface area contributed by atoms with Crippen LogP contribution < -0.4 is 0 Å². The lowest BCUT2D eigenvalue weighted by Gasteiger charge is -2.29. The van der Waals surface area contributed by atoms with Gasteiger partial charge < -0.3 is 0 Å². The SMILES string of the molecule is CCCCC(C)(CCC)c1cc(S(=O)(=O)C(F)F)nn1C. The molecule has 0 saturated carbocycles. The topological polar surface area (TPSA) is 52.0 Å². The summed E-state index contributed by atoms with van der Waals surface area (Å²) in [7, 11) is -3.03. The summed E-state index contributed by atoms with van der Waals surface area (Å²) < 4.78 is 49.9. The average Bonchev–Trinajstić information content (AvgIpc) is 2.80. The average molecular weight is 322 g/mol. The van der Waals surface area contributed by atoms with Gasteiger partial charge in [-0.1, -0.05) is 40.0 Å². The van der Waals surface area contributed by atoms with Gasteiger partial charge in [0, 0.05) is 18.2 Å². The van der Waals surface area contributed by atoms with Crippen LogP contribution in [-0.2, 0) is 22.3 Å². The molecule has 0 amide bonds. The molecule has 1 unspecified atom stereocenters. The number of aromatic nitrogens is 2. The van der Waals surface area contributed by atoms with Crippen molar-refractivity contribution in [3.8, 4) is 0 Å². The first kappa shape index (κ1) is 18.1. The van der Waals surface area contributed by atoms with E-state index in [0.29, 0.717) is 5.69 Å². The van der Waals surface area contributed by atoms with Crippen LogP contribution in [0.1, 0.15) is 58.6 Å². The fraction of sp³-hybridized carbons (Fsp3) is 0.786. The highest BCUT2D eigenvalue weighted by Gasteiger charge is 2.34. The Labute approximate surface area is 125 Å². The highest BCUT2D eigenvalue weighted by Crippen LogP contribution is 2.35. The van der Waals surface area contributed by atoms with E-state index >= 15 is 0 Å². The van der Waals surface area contributed by atoms with Crippen LogP contribution in [0.4, 0.5) is 8.78 Å². The van der Waals surface area contributed by atoms with Gasteiger partial charge in [0.05, 0.1) is 0 Å². The maximum Gasteiger partial charge on any atom is 0.342 e. The van der Waals surface area contributed by atoms with E-state index in [4.69, 9.17) is 0 Å². The summed E-state index contributed by atoms with van der Waals surface area (Å²) in [5.41, 5.74) is 0.458. The number of rotatable bonds is 8. The first-order valence-electron chi connectivity index (χ1n) is 7.25. The van der Waals surface area contributed by atoms with Gasteiger partial charge in [-0.05, 0) is 18.9 Å². The van der Waals surface area contributed by atoms with E-state index in [9.17, 15) is 17.2 Å². The van der Waals surface area contributed by atoms with Gasteiger partial charge in [0.2, 0.25) is 0 Å². The lowest BCUT2D eigenvalue weighted by molar-refractivity contribution is 0.234. The first-order chi connectivity index (χ1) is 9.69. The molecule has 0 aliphatic heterocycles. The van der Waals surface area contributed by atoms with Gasteiger partial charge in [0.15, 0.2) is 5.03 Å². The maximum atomic E-state index is 12.6. The van der Waals surface area contributed by atoms with Gasteiger partial charge in [0.25, 0.3) is 9.84 Å². The Hall–Kier alpha value is -0.980. The number of aryl methyl sites for hydroxylation is 1. The monoisotopic (exact) mass is 322 g/mol. The molecule has 0 aliphatic rings. The van der Waals surface area contributed by atoms with Gasteiger partial charge in [0.1, 0.15) is 0 Å². The highest BCUT2D eigenvalue weighted by atomic mass is 32.2. The summed E-state index contributed by atoms with van der Waals surface area (Å²) in [5, 5.41) is 3.28. The molecule has 1 aromatic heterocycles. The second kappa shape index (κ2) is 6.85. The van der Waals surface area contributed by atoms with Gasteiger partial charge in [-0.3, -0.25) is 4.68 Å². The van der Waals surface area contributed by atoms with Crippen molar-refractivity contribution in [3.05, 3.63) is 11.8 Å². The Bertz CT molecular complexity index is 570. The minimum Gasteiger partial charge on any atom is -0.271 e. The zero-order chi connectivity index (χ0) is 16.3. The van der Waals surface area contributed by atoms with Crippen LogP contribution in [0.2, 0.25) is 0 Å². The molecule has 7 heteroatoms. The lowest BCUT2D eigenvalue weighted by atomic mass is 9.78. The molecule has 1 heterocycles. The molecule has 0 N–H and O–H groups in total. The summed E-state index contributed by atoms with van der Waals surface area (Å²) in [6.07, 6.45) is 4.70. The summed E-state index contributed by atoms with van der Waals surface area (Å²) in [5.74, 6) is -3.44. The van der Waals surface area contributed by atoms with E-state index in [1.54, 1.807) is 7.05 Å². The Balaban J connectivity index is 3.26. The molecule has 0 aliphatic carbocycles. The van der Waals surface area contributed by atoms with Crippen molar-refractivity contribution in [3.63, 3.8) is 0 Å². The molecule has 1 rings (SSSR count). The largest absolute Gasteiger partial charge is 0.342 e. The molecule has 0 bridgehead atoms. The highest BCUT2D eigenvalue weighted by molar-refractivity contribution is 7.91. The molecule has 122 valence electrons. The maximum absolute atomic E-state index is 12.6. The standard InChI is InChI=1S/C14H24F2N2O2S/c1-5-7-9-14(3,8-6-2)11-10-12(17-18(11)4)21(19,20)13(15)16/h10,13H,5-9H2,1-4H3. The Morgan fingerprint density at radius 2 is 1.90 bits per heavy atom. The van der Waals surface area contributed by atoms with Crippen molar-refractivity contribution in [2.24, 2.45) is 7.05 Å². The predicted molar refractivity (Wildman–Crippen MR) is 78.2 cm³/mol. The Morgan fingerprint density at radius 3 is 2.38 bits per heavy atom. The number of sulfone groups is 1. The fourth-order valence-corrected chi connectivity index (χ4v) is 3.43. The lowest BCUT2D eigenvalue weighted by Crippen LogP contribution is -2.25. The minimum atomic E-state index is -4.64. The molecular formula is C14H24F2N2O2S. The van der Waals surface area contributed by atoms with Crippen LogP contribution in [0.15, 0.2) is 11.1 Å². The third kappa shape index (κ3) is 3.81. The second-order valence-electron chi connectivity index (χ2n) is 5.71. The molecule has 0 spiro atoms. The van der Waals surface area contributed by atoms with E-state index in [1.807, 2.05) is 6.92 Å². The van der Waals surface area contributed by atoms with Crippen molar-refractivity contribution in [1.82, 2.24) is 9.78 Å². The van der Waals surface area contributed by atoms with Crippen LogP contribution in [0.25, 0.3) is 0 Å². The Kier molecular flexibility index (Phi) is 5.90. The number of halogens is 2. The number of alkyl halides is 2. The molecule has 0 fully saturated rings. The third-order valence-corrected chi connectivity index (χ3v) is 5.14. The van der Waals surface area contributed by atoms with E-state index < -0.39 is 20.6 Å². The molecule has 1 aromatic rings. The zero-order valence-corrected chi connectivity index (χ0v) is 13.9. The summed E-state index contributed by atoms with van der Waals surface area (Å²) in [6, 6.07) is 1.31. The zero-order valence-electron chi connectivity index (χ0n) is 13.1. The number of hydrogen-bond donors (Lipinski definition) is 0. The van der Waals surface area contributed by atoms with Crippen LogP contribution in [0, 0.1) is 0 Å². The Morgan fingerprint density at radius 1 is 1.29 bits per heavy atom. The van der Waals surface area contributed by atoms with E-state index in [1.165, 1.54) is 10.7 Å². The normalized spacial score (nSPS) is 15.4. The number of hydrogen-bond acceptors (Lipinski definition) is 3. The first-order valence-corrected chi connectivity index (χ1v) is 8.80. The quantitative estimate of drug-likeness (QED) is 0.734. The van der Waals surface area contributed by atoms with Crippen LogP contribution in [0.3, 0.4) is 0 Å². The van der Waals surface area contributed by atoms with Gasteiger partial charge in [-0.15, -0.1) is 0 Å². The smallest absolute Gasteiger partial charge is 0.271 e. The molecule has 4 nitrogen and oxygen atoms in total. The number of unbranched alkanes of at least 4 members (excludes halogenated alkanes) is 1. The molecule has 0 saturated heterocycles. The third-order valence-electron chi connectivity index (χ3n) is 3.89. The van der Waals surface area contributed by atoms with Crippen molar-refractivity contribution in [2.75, 3.05) is 0 Å². The van der Waals surface area contributed by atoms with Gasteiger partial charge in [-0.25, -0.2) is 8.42 Å². The summed E-state index contributed by atoms with van der Waals surface area (Å²) in [6.45, 7) is 6.18. The van der Waals surface area contributed by atoms with E-state index in [2.05, 4.69) is 18.9 Å². The van der Waals surface area contributed by atoms with Crippen molar-refractivity contribution in [1.29, 1.82) is 0 Å². The summed E-state index contributed by atoms with van der Waals surface area (Å²) >= 11 is 0. The van der Waals surface area contributed by atoms with Crippen molar-refractivity contribution >= 4 is 9.84 Å². The van der Waals surface area contributed by atoms with Gasteiger partial charge >= 0.3 is 5.76 Å². The van der Waals surface area contributed by atoms with Crippen LogP contribution >= 0.6 is 0 Å². The summed E-state index contributed by atoms with van der Waals surface area (Å²) in [4.78, 5) is 0. The van der Waals surface area contributed by atoms with Crippen molar-refractivity contribution < 1.29 is 17.2 Å². The molecular weight excluding hydrogens is 298 g/mol. The van der Waals surface area contributed by atoms with E-state index in [0.717, 1.165) is 32.1 Å². The predicted octanol–water partition coefficient (Wildman–Crippen LogP) is 3.66. The molecule has 1 atom stereocenters. The van der Waals surface area contributed by atoms with E-state index in [-0.39, 0.29) is 5.41 Å². The fourth-order valence-electron chi connectivity index (χ4n) is 2.74. The number of nitrogens with zero attached hydrogens (tertiary/aromatic N) is 2.